The van der Waals surface area contributed by atoms with E-state index < -0.39 is 23.0 Å². The lowest BCUT2D eigenvalue weighted by Crippen LogP contribution is -2.12. The van der Waals surface area contributed by atoms with Crippen molar-refractivity contribution >= 4 is 22.5 Å². The van der Waals surface area contributed by atoms with Gasteiger partial charge in [-0.25, -0.2) is 23.1 Å². The average molecular weight is 554 g/mol. The molecule has 1 aliphatic carbocycles. The number of allylic oxidation sites excluding steroid dienone is 3. The number of rotatable bonds is 8. The number of anilines is 1. The summed E-state index contributed by atoms with van der Waals surface area (Å²) in [5, 5.41) is 3.33. The van der Waals surface area contributed by atoms with E-state index in [2.05, 4.69) is 27.2 Å². The van der Waals surface area contributed by atoms with E-state index in [0.29, 0.717) is 23.9 Å². The summed E-state index contributed by atoms with van der Waals surface area (Å²) in [6, 6.07) is 11.8. The van der Waals surface area contributed by atoms with Gasteiger partial charge in [0.15, 0.2) is 5.82 Å². The summed E-state index contributed by atoms with van der Waals surface area (Å²) in [5.41, 5.74) is 3.23. The Morgan fingerprint density at radius 3 is 2.76 bits per heavy atom. The fourth-order valence-electron chi connectivity index (χ4n) is 5.10. The van der Waals surface area contributed by atoms with Crippen LogP contribution < -0.4 is 5.32 Å². The van der Waals surface area contributed by atoms with E-state index >= 15 is 4.39 Å². The number of benzene rings is 1. The van der Waals surface area contributed by atoms with Gasteiger partial charge in [-0.15, -0.1) is 0 Å². The molecule has 6 nitrogen and oxygen atoms in total. The van der Waals surface area contributed by atoms with Crippen LogP contribution in [0.15, 0.2) is 90.8 Å². The van der Waals surface area contributed by atoms with Gasteiger partial charge in [0.1, 0.15) is 23.1 Å². The maximum Gasteiger partial charge on any atom is 0.201 e. The molecule has 0 saturated heterocycles. The minimum absolute atomic E-state index is 0.0350. The van der Waals surface area contributed by atoms with E-state index in [9.17, 15) is 13.6 Å². The number of H-pyrrole nitrogens is 1. The van der Waals surface area contributed by atoms with Crippen LogP contribution in [-0.4, -0.2) is 31.8 Å². The molecule has 9 heteroatoms. The molecule has 206 valence electrons. The number of halogens is 3. The lowest BCUT2D eigenvalue weighted by Gasteiger charge is -2.14. The van der Waals surface area contributed by atoms with Gasteiger partial charge in [-0.2, -0.15) is 0 Å². The van der Waals surface area contributed by atoms with Gasteiger partial charge in [-0.05, 0) is 73.4 Å². The summed E-state index contributed by atoms with van der Waals surface area (Å²) in [6.45, 7) is 2.23. The second-order valence-corrected chi connectivity index (χ2v) is 9.85. The lowest BCUT2D eigenvalue weighted by atomic mass is 10.00. The normalized spacial score (nSPS) is 13.3. The average Bonchev–Trinajstić information content (AvgIpc) is 3.61. The van der Waals surface area contributed by atoms with Crippen molar-refractivity contribution in [1.82, 2.24) is 19.5 Å². The standard InChI is InChI=1S/C32H26F3N5O/c1-2-23-13-21(18-40(23)28-8-3-4-11-36-28)20-14-24-25(17-39-32(24)38-16-20)31(41)29-26(34)9-10-27(30(29)35)37-15-19-6-5-7-22(33)12-19/h3-4,7-14,16-18,37H,2,5-6,15H2,1H3,(H,38,39). The first kappa shape index (κ1) is 26.3. The van der Waals surface area contributed by atoms with Crippen LogP contribution in [0.3, 0.4) is 0 Å². The van der Waals surface area contributed by atoms with Gasteiger partial charge in [0.25, 0.3) is 0 Å². The number of hydrogen-bond donors (Lipinski definition) is 2. The number of pyridine rings is 2. The summed E-state index contributed by atoms with van der Waals surface area (Å²) in [6.07, 6.45) is 11.6. The minimum Gasteiger partial charge on any atom is -0.379 e. The molecule has 2 N–H and O–H groups in total. The molecule has 5 aromatic rings. The fraction of sp³-hybridized carbons (Fsp3) is 0.156. The van der Waals surface area contributed by atoms with E-state index in [1.807, 2.05) is 35.0 Å². The number of hydrogen-bond acceptors (Lipinski definition) is 4. The Kier molecular flexibility index (Phi) is 7.01. The Morgan fingerprint density at radius 1 is 1.10 bits per heavy atom. The second-order valence-electron chi connectivity index (χ2n) is 9.85. The number of carbonyl (C=O) groups is 1. The molecule has 0 radical (unpaired) electrons. The van der Waals surface area contributed by atoms with Crippen molar-refractivity contribution in [2.75, 3.05) is 11.9 Å². The highest BCUT2D eigenvalue weighted by Gasteiger charge is 2.25. The number of nitrogens with one attached hydrogen (secondary N) is 2. The van der Waals surface area contributed by atoms with E-state index in [0.717, 1.165) is 40.7 Å². The zero-order valence-corrected chi connectivity index (χ0v) is 22.2. The molecule has 0 atom stereocenters. The number of aryl methyl sites for hydroxylation is 1. The Balaban J connectivity index is 1.34. The van der Waals surface area contributed by atoms with Gasteiger partial charge < -0.3 is 14.9 Å². The molecule has 0 amide bonds. The summed E-state index contributed by atoms with van der Waals surface area (Å²) in [5.74, 6) is -2.33. The zero-order chi connectivity index (χ0) is 28.5. The maximum atomic E-state index is 15.5. The van der Waals surface area contributed by atoms with Crippen LogP contribution in [0.2, 0.25) is 0 Å². The van der Waals surface area contributed by atoms with E-state index in [4.69, 9.17) is 0 Å². The number of aromatic amines is 1. The first-order valence-corrected chi connectivity index (χ1v) is 13.3. The number of ketones is 1. The molecule has 0 saturated carbocycles. The Bertz CT molecular complexity index is 1840. The molecule has 41 heavy (non-hydrogen) atoms. The number of aromatic nitrogens is 4. The molecule has 1 aromatic carbocycles. The minimum atomic E-state index is -0.999. The molecular formula is C32H26F3N5O. The van der Waals surface area contributed by atoms with Crippen LogP contribution >= 0.6 is 0 Å². The van der Waals surface area contributed by atoms with Gasteiger partial charge in [-0.3, -0.25) is 4.79 Å². The molecule has 4 heterocycles. The quantitative estimate of drug-likeness (QED) is 0.196. The van der Waals surface area contributed by atoms with Crippen molar-refractivity contribution in [3.63, 3.8) is 0 Å². The second kappa shape index (κ2) is 10.9. The summed E-state index contributed by atoms with van der Waals surface area (Å²) >= 11 is 0. The van der Waals surface area contributed by atoms with Crippen molar-refractivity contribution in [1.29, 1.82) is 0 Å². The van der Waals surface area contributed by atoms with Crippen LogP contribution in [0.5, 0.6) is 0 Å². The van der Waals surface area contributed by atoms with E-state index in [1.54, 1.807) is 18.5 Å². The van der Waals surface area contributed by atoms with Crippen LogP contribution in [0, 0.1) is 11.6 Å². The van der Waals surface area contributed by atoms with E-state index in [-0.39, 0.29) is 23.6 Å². The highest BCUT2D eigenvalue weighted by atomic mass is 19.1. The number of carbonyl (C=O) groups excluding carboxylic acids is 1. The molecule has 1 aliphatic rings. The highest BCUT2D eigenvalue weighted by molar-refractivity contribution is 6.16. The SMILES string of the molecule is CCc1cc(-c2cnc3[nH]cc(C(=O)c4c(F)ccc(NCC5=CC(F)=CCC5)c4F)c3c2)cn1-c1ccccn1. The summed E-state index contributed by atoms with van der Waals surface area (Å²) in [7, 11) is 0. The zero-order valence-electron chi connectivity index (χ0n) is 22.2. The largest absolute Gasteiger partial charge is 0.379 e. The Labute approximate surface area is 234 Å². The predicted octanol–water partition coefficient (Wildman–Crippen LogP) is 7.47. The smallest absolute Gasteiger partial charge is 0.201 e. The number of fused-ring (bicyclic) bond motifs is 1. The first-order valence-electron chi connectivity index (χ1n) is 13.3. The molecule has 0 fully saturated rings. The predicted molar refractivity (Wildman–Crippen MR) is 153 cm³/mol. The van der Waals surface area contributed by atoms with Gasteiger partial charge in [0.2, 0.25) is 5.78 Å². The molecule has 4 aromatic heterocycles. The van der Waals surface area contributed by atoms with Gasteiger partial charge >= 0.3 is 0 Å². The summed E-state index contributed by atoms with van der Waals surface area (Å²) < 4.78 is 46.0. The lowest BCUT2D eigenvalue weighted by molar-refractivity contribution is 0.103. The molecule has 0 unspecified atom stereocenters. The van der Waals surface area contributed by atoms with Crippen LogP contribution in [0.4, 0.5) is 18.9 Å². The topological polar surface area (TPSA) is 75.6 Å². The monoisotopic (exact) mass is 553 g/mol. The van der Waals surface area contributed by atoms with Crippen LogP contribution in [0.25, 0.3) is 28.0 Å². The van der Waals surface area contributed by atoms with Crippen LogP contribution in [0.1, 0.15) is 41.4 Å². The van der Waals surface area contributed by atoms with Crippen molar-refractivity contribution < 1.29 is 18.0 Å². The Morgan fingerprint density at radius 2 is 1.98 bits per heavy atom. The Hall–Kier alpha value is -4.92. The maximum absolute atomic E-state index is 15.5. The van der Waals surface area contributed by atoms with Crippen molar-refractivity contribution in [2.24, 2.45) is 0 Å². The fourth-order valence-corrected chi connectivity index (χ4v) is 5.10. The van der Waals surface area contributed by atoms with Crippen molar-refractivity contribution in [3.05, 3.63) is 119 Å². The van der Waals surface area contributed by atoms with Gasteiger partial charge in [-0.1, -0.05) is 13.0 Å². The number of nitrogens with zero attached hydrogens (tertiary/aromatic N) is 3. The highest BCUT2D eigenvalue weighted by Crippen LogP contribution is 2.31. The van der Waals surface area contributed by atoms with Crippen LogP contribution in [-0.2, 0) is 6.42 Å². The third kappa shape index (κ3) is 5.06. The molecular weight excluding hydrogens is 527 g/mol. The van der Waals surface area contributed by atoms with Crippen molar-refractivity contribution in [2.45, 2.75) is 26.2 Å². The van der Waals surface area contributed by atoms with Gasteiger partial charge in [0, 0.05) is 59.1 Å². The van der Waals surface area contributed by atoms with E-state index in [1.165, 1.54) is 24.4 Å². The summed E-state index contributed by atoms with van der Waals surface area (Å²) in [4.78, 5) is 25.4. The van der Waals surface area contributed by atoms with Gasteiger partial charge in [0.05, 0.1) is 11.3 Å². The first-order chi connectivity index (χ1) is 19.9. The third-order valence-electron chi connectivity index (χ3n) is 7.24. The van der Waals surface area contributed by atoms with Crippen molar-refractivity contribution in [3.8, 4) is 16.9 Å². The molecule has 0 bridgehead atoms. The third-order valence-corrected chi connectivity index (χ3v) is 7.24. The molecule has 0 aliphatic heterocycles. The molecule has 0 spiro atoms. The molecule has 6 rings (SSSR count).